The first-order chi connectivity index (χ1) is 6.47. The SMILES string of the molecule is CC(C)C(C)C(N)C1(C)CCCCC1. The first-order valence-electron chi connectivity index (χ1n) is 6.23. The molecule has 2 atom stereocenters. The number of nitrogens with two attached hydrogens (primary N) is 1. The van der Waals surface area contributed by atoms with E-state index in [4.69, 9.17) is 5.73 Å². The van der Waals surface area contributed by atoms with Gasteiger partial charge in [-0.3, -0.25) is 0 Å². The molecule has 2 unspecified atom stereocenters. The Morgan fingerprint density at radius 1 is 1.00 bits per heavy atom. The molecule has 1 fully saturated rings. The monoisotopic (exact) mass is 197 g/mol. The zero-order valence-corrected chi connectivity index (χ0v) is 10.3. The Labute approximate surface area is 89.5 Å². The summed E-state index contributed by atoms with van der Waals surface area (Å²) >= 11 is 0. The number of rotatable bonds is 3. The van der Waals surface area contributed by atoms with Crippen molar-refractivity contribution in [2.45, 2.75) is 65.8 Å². The van der Waals surface area contributed by atoms with Gasteiger partial charge in [0.25, 0.3) is 0 Å². The molecule has 1 heteroatoms. The molecule has 0 bridgehead atoms. The van der Waals surface area contributed by atoms with Crippen LogP contribution in [-0.4, -0.2) is 6.04 Å². The van der Waals surface area contributed by atoms with Crippen molar-refractivity contribution in [2.24, 2.45) is 23.0 Å². The average Bonchev–Trinajstić information content (AvgIpc) is 2.16. The second kappa shape index (κ2) is 4.65. The second-order valence-electron chi connectivity index (χ2n) is 5.84. The molecule has 0 radical (unpaired) electrons. The maximum Gasteiger partial charge on any atom is 0.0121 e. The van der Waals surface area contributed by atoms with Gasteiger partial charge in [-0.05, 0) is 30.1 Å². The van der Waals surface area contributed by atoms with Crippen LogP contribution < -0.4 is 5.73 Å². The van der Waals surface area contributed by atoms with Gasteiger partial charge in [-0.15, -0.1) is 0 Å². The lowest BCUT2D eigenvalue weighted by molar-refractivity contribution is 0.117. The predicted octanol–water partition coefficient (Wildman–Crippen LogP) is 3.58. The van der Waals surface area contributed by atoms with E-state index in [9.17, 15) is 0 Å². The summed E-state index contributed by atoms with van der Waals surface area (Å²) in [5.41, 5.74) is 6.85. The van der Waals surface area contributed by atoms with Crippen molar-refractivity contribution in [1.82, 2.24) is 0 Å². The van der Waals surface area contributed by atoms with Gasteiger partial charge in [-0.25, -0.2) is 0 Å². The maximum atomic E-state index is 6.43. The standard InChI is InChI=1S/C13H27N/c1-10(2)11(3)12(14)13(4)8-6-5-7-9-13/h10-12H,5-9,14H2,1-4H3. The summed E-state index contributed by atoms with van der Waals surface area (Å²) in [6.07, 6.45) is 6.86. The van der Waals surface area contributed by atoms with Crippen molar-refractivity contribution in [3.8, 4) is 0 Å². The fourth-order valence-corrected chi connectivity index (χ4v) is 2.74. The Morgan fingerprint density at radius 2 is 1.50 bits per heavy atom. The number of hydrogen-bond donors (Lipinski definition) is 1. The highest BCUT2D eigenvalue weighted by Gasteiger charge is 2.36. The van der Waals surface area contributed by atoms with Gasteiger partial charge in [-0.1, -0.05) is 47.0 Å². The van der Waals surface area contributed by atoms with Crippen LogP contribution in [0.2, 0.25) is 0 Å². The molecule has 0 heterocycles. The molecule has 1 aliphatic carbocycles. The summed E-state index contributed by atoms with van der Waals surface area (Å²) in [6.45, 7) is 9.29. The molecule has 0 aliphatic heterocycles. The van der Waals surface area contributed by atoms with E-state index >= 15 is 0 Å². The van der Waals surface area contributed by atoms with Gasteiger partial charge in [0.05, 0.1) is 0 Å². The molecule has 1 rings (SSSR count). The molecule has 2 N–H and O–H groups in total. The molecule has 0 aromatic carbocycles. The zero-order valence-electron chi connectivity index (χ0n) is 10.3. The van der Waals surface area contributed by atoms with Crippen molar-refractivity contribution >= 4 is 0 Å². The first kappa shape index (κ1) is 12.0. The van der Waals surface area contributed by atoms with E-state index in [1.54, 1.807) is 0 Å². The molecule has 84 valence electrons. The third kappa shape index (κ3) is 2.50. The van der Waals surface area contributed by atoms with E-state index in [0.717, 1.165) is 0 Å². The molecule has 0 aromatic heterocycles. The fourth-order valence-electron chi connectivity index (χ4n) is 2.74. The fraction of sp³-hybridized carbons (Fsp3) is 1.00. The summed E-state index contributed by atoms with van der Waals surface area (Å²) < 4.78 is 0. The molecule has 1 aliphatic rings. The topological polar surface area (TPSA) is 26.0 Å². The van der Waals surface area contributed by atoms with Gasteiger partial charge < -0.3 is 5.73 Å². The van der Waals surface area contributed by atoms with E-state index < -0.39 is 0 Å². The summed E-state index contributed by atoms with van der Waals surface area (Å²) in [5.74, 6) is 1.36. The third-order valence-electron chi connectivity index (χ3n) is 4.42. The van der Waals surface area contributed by atoms with Gasteiger partial charge in [-0.2, -0.15) is 0 Å². The molecule has 1 saturated carbocycles. The predicted molar refractivity (Wildman–Crippen MR) is 63.2 cm³/mol. The Kier molecular flexibility index (Phi) is 4.00. The lowest BCUT2D eigenvalue weighted by atomic mass is 9.66. The van der Waals surface area contributed by atoms with Crippen molar-refractivity contribution in [3.63, 3.8) is 0 Å². The Bertz CT molecular complexity index is 168. The van der Waals surface area contributed by atoms with E-state index in [2.05, 4.69) is 27.7 Å². The summed E-state index contributed by atoms with van der Waals surface area (Å²) in [6, 6.07) is 0.391. The molecule has 14 heavy (non-hydrogen) atoms. The van der Waals surface area contributed by atoms with E-state index in [-0.39, 0.29) is 0 Å². The molecule has 0 aromatic rings. The second-order valence-corrected chi connectivity index (χ2v) is 5.84. The van der Waals surface area contributed by atoms with Crippen LogP contribution in [0.1, 0.15) is 59.8 Å². The van der Waals surface area contributed by atoms with Crippen molar-refractivity contribution in [3.05, 3.63) is 0 Å². The van der Waals surface area contributed by atoms with Gasteiger partial charge in [0.1, 0.15) is 0 Å². The maximum absolute atomic E-state index is 6.43. The van der Waals surface area contributed by atoms with Crippen molar-refractivity contribution < 1.29 is 0 Å². The van der Waals surface area contributed by atoms with Gasteiger partial charge in [0.15, 0.2) is 0 Å². The van der Waals surface area contributed by atoms with Crippen LogP contribution in [0.25, 0.3) is 0 Å². The van der Waals surface area contributed by atoms with Crippen LogP contribution in [0.4, 0.5) is 0 Å². The third-order valence-corrected chi connectivity index (χ3v) is 4.42. The minimum absolute atomic E-state index is 0.391. The van der Waals surface area contributed by atoms with Crippen LogP contribution in [0.5, 0.6) is 0 Å². The summed E-state index contributed by atoms with van der Waals surface area (Å²) in [5, 5.41) is 0. The van der Waals surface area contributed by atoms with Crippen LogP contribution in [0.3, 0.4) is 0 Å². The Hall–Kier alpha value is -0.0400. The lowest BCUT2D eigenvalue weighted by Crippen LogP contribution is -2.46. The Morgan fingerprint density at radius 3 is 1.93 bits per heavy atom. The van der Waals surface area contributed by atoms with Gasteiger partial charge in [0, 0.05) is 6.04 Å². The number of hydrogen-bond acceptors (Lipinski definition) is 1. The van der Waals surface area contributed by atoms with Crippen molar-refractivity contribution in [1.29, 1.82) is 0 Å². The summed E-state index contributed by atoms with van der Waals surface area (Å²) in [7, 11) is 0. The largest absolute Gasteiger partial charge is 0.327 e. The minimum Gasteiger partial charge on any atom is -0.327 e. The van der Waals surface area contributed by atoms with Crippen LogP contribution in [0.15, 0.2) is 0 Å². The highest BCUT2D eigenvalue weighted by molar-refractivity contribution is 4.91. The van der Waals surface area contributed by atoms with Crippen LogP contribution in [-0.2, 0) is 0 Å². The first-order valence-corrected chi connectivity index (χ1v) is 6.23. The molecule has 0 amide bonds. The average molecular weight is 197 g/mol. The molecule has 1 nitrogen and oxygen atoms in total. The summed E-state index contributed by atoms with van der Waals surface area (Å²) in [4.78, 5) is 0. The van der Waals surface area contributed by atoms with E-state index in [1.807, 2.05) is 0 Å². The van der Waals surface area contributed by atoms with Gasteiger partial charge in [0.2, 0.25) is 0 Å². The lowest BCUT2D eigenvalue weighted by Gasteiger charge is -2.42. The normalized spacial score (nSPS) is 26.1. The van der Waals surface area contributed by atoms with Crippen LogP contribution >= 0.6 is 0 Å². The highest BCUT2D eigenvalue weighted by atomic mass is 14.7. The van der Waals surface area contributed by atoms with E-state index in [1.165, 1.54) is 32.1 Å². The smallest absolute Gasteiger partial charge is 0.0121 e. The minimum atomic E-state index is 0.391. The van der Waals surface area contributed by atoms with Crippen LogP contribution in [0, 0.1) is 17.3 Å². The quantitative estimate of drug-likeness (QED) is 0.735. The Balaban J connectivity index is 2.60. The van der Waals surface area contributed by atoms with Crippen molar-refractivity contribution in [2.75, 3.05) is 0 Å². The molecular weight excluding hydrogens is 170 g/mol. The molecule has 0 saturated heterocycles. The molecule has 0 spiro atoms. The molecular formula is C13H27N. The van der Waals surface area contributed by atoms with Gasteiger partial charge >= 0.3 is 0 Å². The zero-order chi connectivity index (χ0) is 10.8. The van der Waals surface area contributed by atoms with E-state index in [0.29, 0.717) is 23.3 Å². The highest BCUT2D eigenvalue weighted by Crippen LogP contribution is 2.41.